The molecule has 0 saturated carbocycles. The highest BCUT2D eigenvalue weighted by molar-refractivity contribution is 7.91. The SMILES string of the molecule is Cc1ccc2sc(NNC(=O)c3ccc(S(=O)(=O)CN4CCc5ccccc5C4)cc3)nc2c1C. The Bertz CT molecular complexity index is 1510. The van der Waals surface area contributed by atoms with Gasteiger partial charge in [0.05, 0.1) is 15.1 Å². The molecule has 0 saturated heterocycles. The number of hydrogen-bond acceptors (Lipinski definition) is 7. The van der Waals surface area contributed by atoms with Crippen LogP contribution in [0.25, 0.3) is 10.2 Å². The van der Waals surface area contributed by atoms with E-state index in [2.05, 4.69) is 28.0 Å². The zero-order chi connectivity index (χ0) is 24.6. The Morgan fingerprint density at radius 1 is 1.03 bits per heavy atom. The lowest BCUT2D eigenvalue weighted by molar-refractivity contribution is 0.0962. The number of rotatable bonds is 6. The van der Waals surface area contributed by atoms with Gasteiger partial charge in [-0.1, -0.05) is 41.7 Å². The van der Waals surface area contributed by atoms with E-state index in [9.17, 15) is 13.2 Å². The van der Waals surface area contributed by atoms with Gasteiger partial charge >= 0.3 is 0 Å². The fourth-order valence-electron chi connectivity index (χ4n) is 4.25. The van der Waals surface area contributed by atoms with E-state index >= 15 is 0 Å². The molecule has 5 rings (SSSR count). The number of carbonyl (C=O) groups is 1. The number of nitrogens with one attached hydrogen (secondary N) is 2. The third-order valence-corrected chi connectivity index (χ3v) is 9.04. The summed E-state index contributed by atoms with van der Waals surface area (Å²) < 4.78 is 27.0. The Morgan fingerprint density at radius 2 is 1.77 bits per heavy atom. The Labute approximate surface area is 208 Å². The van der Waals surface area contributed by atoms with E-state index in [-0.39, 0.29) is 16.7 Å². The van der Waals surface area contributed by atoms with Gasteiger partial charge < -0.3 is 0 Å². The molecule has 0 unspecified atom stereocenters. The van der Waals surface area contributed by atoms with Crippen molar-refractivity contribution in [2.45, 2.75) is 31.7 Å². The van der Waals surface area contributed by atoms with Crippen LogP contribution in [0.3, 0.4) is 0 Å². The molecule has 0 spiro atoms. The van der Waals surface area contributed by atoms with Gasteiger partial charge in [-0.2, -0.15) is 0 Å². The van der Waals surface area contributed by atoms with Crippen molar-refractivity contribution in [1.29, 1.82) is 0 Å². The van der Waals surface area contributed by atoms with Crippen LogP contribution in [0.5, 0.6) is 0 Å². The van der Waals surface area contributed by atoms with Crippen molar-refractivity contribution in [2.75, 3.05) is 17.8 Å². The second-order valence-corrected chi connectivity index (χ2v) is 11.8. The molecule has 3 aromatic carbocycles. The molecule has 0 fully saturated rings. The fraction of sp³-hybridized carbons (Fsp3) is 0.231. The highest BCUT2D eigenvalue weighted by atomic mass is 32.2. The van der Waals surface area contributed by atoms with Gasteiger partial charge in [0.25, 0.3) is 5.91 Å². The number of hydrogen-bond donors (Lipinski definition) is 2. The molecular weight excluding hydrogens is 480 g/mol. The molecule has 1 amide bonds. The van der Waals surface area contributed by atoms with Crippen LogP contribution < -0.4 is 10.9 Å². The smallest absolute Gasteiger partial charge is 0.269 e. The van der Waals surface area contributed by atoms with E-state index in [1.54, 1.807) is 0 Å². The van der Waals surface area contributed by atoms with Crippen molar-refractivity contribution in [2.24, 2.45) is 0 Å². The van der Waals surface area contributed by atoms with Crippen molar-refractivity contribution in [1.82, 2.24) is 15.3 Å². The van der Waals surface area contributed by atoms with Crippen molar-refractivity contribution in [3.05, 3.63) is 88.5 Å². The summed E-state index contributed by atoms with van der Waals surface area (Å²) in [5, 5.41) is 0.587. The maximum Gasteiger partial charge on any atom is 0.269 e. The number of fused-ring (bicyclic) bond motifs is 2. The zero-order valence-corrected chi connectivity index (χ0v) is 21.2. The number of thiazole rings is 1. The van der Waals surface area contributed by atoms with Crippen LogP contribution in [0.1, 0.15) is 32.6 Å². The van der Waals surface area contributed by atoms with Gasteiger partial charge in [-0.15, -0.1) is 0 Å². The molecule has 7 nitrogen and oxygen atoms in total. The lowest BCUT2D eigenvalue weighted by Crippen LogP contribution is -2.34. The summed E-state index contributed by atoms with van der Waals surface area (Å²) in [6.45, 7) is 5.39. The molecule has 1 aliphatic rings. The highest BCUT2D eigenvalue weighted by Crippen LogP contribution is 2.29. The maximum atomic E-state index is 13.0. The number of benzene rings is 3. The van der Waals surface area contributed by atoms with Crippen LogP contribution in [-0.4, -0.2) is 36.6 Å². The molecule has 1 aliphatic heterocycles. The van der Waals surface area contributed by atoms with Crippen LogP contribution in [0.4, 0.5) is 5.13 Å². The molecular formula is C26H26N4O3S2. The van der Waals surface area contributed by atoms with E-state index < -0.39 is 9.84 Å². The number of carbonyl (C=O) groups excluding carboxylic acids is 1. The predicted octanol–water partition coefficient (Wildman–Crippen LogP) is 4.46. The second kappa shape index (κ2) is 9.41. The van der Waals surface area contributed by atoms with Crippen LogP contribution in [0.2, 0.25) is 0 Å². The average molecular weight is 507 g/mol. The minimum Gasteiger partial charge on any atom is -0.285 e. The molecule has 4 aromatic rings. The topological polar surface area (TPSA) is 91.4 Å². The van der Waals surface area contributed by atoms with Crippen LogP contribution >= 0.6 is 11.3 Å². The molecule has 1 aromatic heterocycles. The summed E-state index contributed by atoms with van der Waals surface area (Å²) in [5.74, 6) is -0.418. The lowest BCUT2D eigenvalue weighted by atomic mass is 10.0. The minimum absolute atomic E-state index is 0.0507. The molecule has 180 valence electrons. The Morgan fingerprint density at radius 3 is 2.54 bits per heavy atom. The maximum absolute atomic E-state index is 13.0. The average Bonchev–Trinajstić information content (AvgIpc) is 3.28. The normalized spacial score (nSPS) is 14.0. The number of hydrazine groups is 1. The van der Waals surface area contributed by atoms with Gasteiger partial charge in [0.1, 0.15) is 5.88 Å². The number of sulfone groups is 1. The number of aryl methyl sites for hydroxylation is 2. The van der Waals surface area contributed by atoms with Crippen LogP contribution in [0, 0.1) is 13.8 Å². The lowest BCUT2D eigenvalue weighted by Gasteiger charge is -2.28. The molecule has 0 aliphatic carbocycles. The Balaban J connectivity index is 1.22. The molecule has 35 heavy (non-hydrogen) atoms. The summed E-state index contributed by atoms with van der Waals surface area (Å²) in [7, 11) is -3.51. The first-order valence-electron chi connectivity index (χ1n) is 11.4. The number of amides is 1. The monoisotopic (exact) mass is 506 g/mol. The minimum atomic E-state index is -3.51. The zero-order valence-electron chi connectivity index (χ0n) is 19.5. The fourth-order valence-corrected chi connectivity index (χ4v) is 6.53. The first-order valence-corrected chi connectivity index (χ1v) is 13.8. The predicted molar refractivity (Wildman–Crippen MR) is 139 cm³/mol. The van der Waals surface area contributed by atoms with E-state index in [1.807, 2.05) is 43.0 Å². The Hall–Kier alpha value is -3.27. The standard InChI is InChI=1S/C26H26N4O3S2/c1-17-7-12-23-24(18(17)2)27-26(34-23)29-28-25(31)20-8-10-22(11-9-20)35(32,33)16-30-14-13-19-5-3-4-6-21(19)15-30/h3-12H,13-16H2,1-2H3,(H,27,29)(H,28,31). The quantitative estimate of drug-likeness (QED) is 0.375. The Kier molecular flexibility index (Phi) is 6.31. The summed E-state index contributed by atoms with van der Waals surface area (Å²) in [5.41, 5.74) is 11.5. The van der Waals surface area contributed by atoms with Gasteiger partial charge in [-0.3, -0.25) is 20.5 Å². The van der Waals surface area contributed by atoms with Gasteiger partial charge in [0.15, 0.2) is 9.84 Å². The summed E-state index contributed by atoms with van der Waals surface area (Å²) in [6.07, 6.45) is 0.839. The van der Waals surface area contributed by atoms with Crippen molar-refractivity contribution >= 4 is 42.4 Å². The van der Waals surface area contributed by atoms with Crippen molar-refractivity contribution in [3.8, 4) is 0 Å². The summed E-state index contributed by atoms with van der Waals surface area (Å²) in [4.78, 5) is 19.3. The third kappa shape index (κ3) is 4.93. The summed E-state index contributed by atoms with van der Waals surface area (Å²) >= 11 is 1.45. The van der Waals surface area contributed by atoms with Crippen LogP contribution in [0.15, 0.2) is 65.6 Å². The molecule has 2 N–H and O–H groups in total. The van der Waals surface area contributed by atoms with E-state index in [0.29, 0.717) is 23.8 Å². The van der Waals surface area contributed by atoms with Crippen molar-refractivity contribution in [3.63, 3.8) is 0 Å². The van der Waals surface area contributed by atoms with Crippen LogP contribution in [-0.2, 0) is 22.8 Å². The van der Waals surface area contributed by atoms with Crippen molar-refractivity contribution < 1.29 is 13.2 Å². The molecule has 0 bridgehead atoms. The largest absolute Gasteiger partial charge is 0.285 e. The van der Waals surface area contributed by atoms with E-state index in [1.165, 1.54) is 52.3 Å². The molecule has 0 atom stereocenters. The molecule has 9 heteroatoms. The molecule has 2 heterocycles. The highest BCUT2D eigenvalue weighted by Gasteiger charge is 2.23. The van der Waals surface area contributed by atoms with E-state index in [0.717, 1.165) is 22.2 Å². The third-order valence-electron chi connectivity index (χ3n) is 6.41. The van der Waals surface area contributed by atoms with Gasteiger partial charge in [0.2, 0.25) is 5.13 Å². The number of nitrogens with zero attached hydrogens (tertiary/aromatic N) is 2. The second-order valence-electron chi connectivity index (χ2n) is 8.79. The number of aromatic nitrogens is 1. The van der Waals surface area contributed by atoms with Gasteiger partial charge in [-0.05, 0) is 72.9 Å². The number of anilines is 1. The van der Waals surface area contributed by atoms with Gasteiger partial charge in [0, 0.05) is 18.7 Å². The first kappa shape index (κ1) is 23.5. The molecule has 0 radical (unpaired) electrons. The first-order chi connectivity index (χ1) is 16.8. The summed E-state index contributed by atoms with van der Waals surface area (Å²) in [6, 6.07) is 18.3. The van der Waals surface area contributed by atoms with Gasteiger partial charge in [-0.25, -0.2) is 13.4 Å². The van der Waals surface area contributed by atoms with E-state index in [4.69, 9.17) is 0 Å².